The molecular weight excluding hydrogens is 368 g/mol. The van der Waals surface area contributed by atoms with Gasteiger partial charge >= 0.3 is 0 Å². The number of carbonyl (C=O) groups excluding carboxylic acids is 1. The molecule has 1 rings (SSSR count). The normalized spacial score (nSPS) is 10.5. The Morgan fingerprint density at radius 3 is 1.75 bits per heavy atom. The second-order valence-corrected chi connectivity index (χ2v) is 7.95. The predicted octanol–water partition coefficient (Wildman–Crippen LogP) is 7.24. The van der Waals surface area contributed by atoms with E-state index in [4.69, 9.17) is 5.73 Å². The second kappa shape index (κ2) is 17.8. The molecule has 0 spiro atoms. The van der Waals surface area contributed by atoms with Gasteiger partial charge < -0.3 is 10.6 Å². The van der Waals surface area contributed by atoms with Gasteiger partial charge in [0.05, 0.1) is 0 Å². The minimum atomic E-state index is 0. The second-order valence-electron chi connectivity index (χ2n) is 7.95. The minimum absolute atomic E-state index is 0. The van der Waals surface area contributed by atoms with Crippen molar-refractivity contribution in [2.75, 3.05) is 19.3 Å². The Bertz CT molecular complexity index is 507. The maximum atomic E-state index is 12.3. The van der Waals surface area contributed by atoms with Gasteiger partial charge in [0.2, 0.25) is 0 Å². The van der Waals surface area contributed by atoms with Crippen molar-refractivity contribution in [1.29, 1.82) is 0 Å². The van der Waals surface area contributed by atoms with Gasteiger partial charge in [-0.15, -0.1) is 12.4 Å². The third-order valence-electron chi connectivity index (χ3n) is 5.33. The Morgan fingerprint density at radius 1 is 0.821 bits per heavy atom. The zero-order chi connectivity index (χ0) is 19.7. The van der Waals surface area contributed by atoms with E-state index in [1.54, 1.807) is 6.07 Å². The zero-order valence-corrected chi connectivity index (χ0v) is 19.1. The van der Waals surface area contributed by atoms with Crippen molar-refractivity contribution in [3.8, 4) is 0 Å². The van der Waals surface area contributed by atoms with Gasteiger partial charge in [0.1, 0.15) is 0 Å². The lowest BCUT2D eigenvalue weighted by Crippen LogP contribution is -2.27. The van der Waals surface area contributed by atoms with Crippen molar-refractivity contribution in [3.63, 3.8) is 0 Å². The van der Waals surface area contributed by atoms with Crippen molar-refractivity contribution in [3.05, 3.63) is 29.8 Å². The molecule has 0 aromatic heterocycles. The van der Waals surface area contributed by atoms with Gasteiger partial charge in [-0.05, 0) is 24.6 Å². The molecule has 0 aliphatic rings. The van der Waals surface area contributed by atoms with Gasteiger partial charge in [-0.1, -0.05) is 96.5 Å². The van der Waals surface area contributed by atoms with E-state index in [1.807, 2.05) is 30.1 Å². The standard InChI is InChI=1S/C24H42N2O.ClH/c1-3-4-5-6-7-8-9-10-11-12-13-14-15-16-20-26(2)24(27)22-18-17-19-23(25)21-22;/h17-19,21H,3-16,20,25H2,1-2H3;1H. The first kappa shape index (κ1) is 26.8. The summed E-state index contributed by atoms with van der Waals surface area (Å²) in [7, 11) is 1.88. The van der Waals surface area contributed by atoms with Crippen molar-refractivity contribution < 1.29 is 4.79 Å². The Morgan fingerprint density at radius 2 is 1.29 bits per heavy atom. The summed E-state index contributed by atoms with van der Waals surface area (Å²) in [6.07, 6.45) is 19.0. The van der Waals surface area contributed by atoms with Crippen LogP contribution in [0.3, 0.4) is 0 Å². The molecule has 28 heavy (non-hydrogen) atoms. The molecule has 0 heterocycles. The molecule has 0 atom stereocenters. The number of hydrogen-bond acceptors (Lipinski definition) is 2. The maximum Gasteiger partial charge on any atom is 0.253 e. The molecule has 0 aliphatic heterocycles. The lowest BCUT2D eigenvalue weighted by atomic mass is 10.0. The van der Waals surface area contributed by atoms with Crippen molar-refractivity contribution in [2.45, 2.75) is 96.8 Å². The van der Waals surface area contributed by atoms with E-state index in [2.05, 4.69) is 6.92 Å². The van der Waals surface area contributed by atoms with Crippen LogP contribution in [-0.2, 0) is 0 Å². The number of anilines is 1. The quantitative estimate of drug-likeness (QED) is 0.230. The van der Waals surface area contributed by atoms with E-state index < -0.39 is 0 Å². The zero-order valence-electron chi connectivity index (χ0n) is 18.3. The first-order valence-electron chi connectivity index (χ1n) is 11.3. The molecule has 1 aromatic carbocycles. The number of nitrogens with two attached hydrogens (primary N) is 1. The number of hydrogen-bond donors (Lipinski definition) is 1. The van der Waals surface area contributed by atoms with E-state index in [9.17, 15) is 4.79 Å². The Kier molecular flexibility index (Phi) is 17.1. The molecule has 4 heteroatoms. The van der Waals surface area contributed by atoms with Crippen LogP contribution in [0, 0.1) is 0 Å². The number of carbonyl (C=O) groups is 1. The van der Waals surface area contributed by atoms with Crippen molar-refractivity contribution in [2.24, 2.45) is 0 Å². The number of rotatable bonds is 16. The fourth-order valence-electron chi connectivity index (χ4n) is 3.54. The number of unbranched alkanes of at least 4 members (excludes halogenated alkanes) is 13. The molecule has 0 saturated heterocycles. The van der Waals surface area contributed by atoms with Crippen LogP contribution >= 0.6 is 12.4 Å². The lowest BCUT2D eigenvalue weighted by molar-refractivity contribution is 0.0792. The van der Waals surface area contributed by atoms with Gasteiger partial charge in [-0.2, -0.15) is 0 Å². The fraction of sp³-hybridized carbons (Fsp3) is 0.708. The largest absolute Gasteiger partial charge is 0.399 e. The van der Waals surface area contributed by atoms with E-state index in [0.717, 1.165) is 13.0 Å². The summed E-state index contributed by atoms with van der Waals surface area (Å²) in [6, 6.07) is 7.23. The van der Waals surface area contributed by atoms with E-state index >= 15 is 0 Å². The number of benzene rings is 1. The van der Waals surface area contributed by atoms with Crippen LogP contribution in [0.4, 0.5) is 5.69 Å². The van der Waals surface area contributed by atoms with Crippen LogP contribution in [0.25, 0.3) is 0 Å². The summed E-state index contributed by atoms with van der Waals surface area (Å²) in [5.74, 6) is 0.0667. The summed E-state index contributed by atoms with van der Waals surface area (Å²) in [5.41, 5.74) is 7.08. The average molecular weight is 411 g/mol. The fourth-order valence-corrected chi connectivity index (χ4v) is 3.54. The molecule has 0 saturated carbocycles. The highest BCUT2D eigenvalue weighted by Gasteiger charge is 2.11. The molecule has 162 valence electrons. The molecule has 2 N–H and O–H groups in total. The molecule has 0 unspecified atom stereocenters. The van der Waals surface area contributed by atoms with Crippen LogP contribution in [0.15, 0.2) is 24.3 Å². The molecule has 0 fully saturated rings. The topological polar surface area (TPSA) is 46.3 Å². The van der Waals surface area contributed by atoms with Crippen molar-refractivity contribution >= 4 is 24.0 Å². The summed E-state index contributed by atoms with van der Waals surface area (Å²) < 4.78 is 0. The molecule has 1 aromatic rings. The SMILES string of the molecule is CCCCCCCCCCCCCCCCN(C)C(=O)c1cccc(N)c1.Cl. The third-order valence-corrected chi connectivity index (χ3v) is 5.33. The smallest absolute Gasteiger partial charge is 0.253 e. The summed E-state index contributed by atoms with van der Waals surface area (Å²) in [5, 5.41) is 0. The van der Waals surface area contributed by atoms with E-state index in [0.29, 0.717) is 11.3 Å². The Labute approximate surface area is 179 Å². The van der Waals surface area contributed by atoms with Gasteiger partial charge in [0, 0.05) is 24.8 Å². The van der Waals surface area contributed by atoms with Gasteiger partial charge in [-0.3, -0.25) is 4.79 Å². The van der Waals surface area contributed by atoms with E-state index in [1.165, 1.54) is 83.5 Å². The van der Waals surface area contributed by atoms with Crippen LogP contribution in [0.5, 0.6) is 0 Å². The molecular formula is C24H43ClN2O. The van der Waals surface area contributed by atoms with Crippen LogP contribution in [0.1, 0.15) is 107 Å². The Balaban J connectivity index is 0.00000729. The molecule has 0 aliphatic carbocycles. The number of nitrogens with zero attached hydrogens (tertiary/aromatic N) is 1. The lowest BCUT2D eigenvalue weighted by Gasteiger charge is -2.17. The number of amides is 1. The molecule has 3 nitrogen and oxygen atoms in total. The first-order valence-corrected chi connectivity index (χ1v) is 11.3. The third kappa shape index (κ3) is 13.0. The minimum Gasteiger partial charge on any atom is -0.399 e. The highest BCUT2D eigenvalue weighted by molar-refractivity contribution is 5.94. The highest BCUT2D eigenvalue weighted by atomic mass is 35.5. The van der Waals surface area contributed by atoms with E-state index in [-0.39, 0.29) is 18.3 Å². The predicted molar refractivity (Wildman–Crippen MR) is 125 cm³/mol. The number of halogens is 1. The first-order chi connectivity index (χ1) is 13.1. The van der Waals surface area contributed by atoms with Crippen LogP contribution < -0.4 is 5.73 Å². The summed E-state index contributed by atoms with van der Waals surface area (Å²) >= 11 is 0. The summed E-state index contributed by atoms with van der Waals surface area (Å²) in [4.78, 5) is 14.1. The van der Waals surface area contributed by atoms with Gasteiger partial charge in [0.15, 0.2) is 0 Å². The monoisotopic (exact) mass is 410 g/mol. The van der Waals surface area contributed by atoms with Crippen LogP contribution in [0.2, 0.25) is 0 Å². The van der Waals surface area contributed by atoms with Gasteiger partial charge in [-0.25, -0.2) is 0 Å². The maximum absolute atomic E-state index is 12.3. The van der Waals surface area contributed by atoms with Crippen LogP contribution in [-0.4, -0.2) is 24.4 Å². The average Bonchev–Trinajstić information content (AvgIpc) is 2.67. The highest BCUT2D eigenvalue weighted by Crippen LogP contribution is 2.14. The van der Waals surface area contributed by atoms with Crippen molar-refractivity contribution in [1.82, 2.24) is 4.90 Å². The number of nitrogen functional groups attached to an aromatic ring is 1. The summed E-state index contributed by atoms with van der Waals surface area (Å²) in [6.45, 7) is 3.10. The molecule has 0 bridgehead atoms. The molecule has 1 amide bonds. The van der Waals surface area contributed by atoms with Gasteiger partial charge in [0.25, 0.3) is 5.91 Å². The Hall–Kier alpha value is -1.22. The molecule has 0 radical (unpaired) electrons.